The highest BCUT2D eigenvalue weighted by Gasteiger charge is 2.18. The zero-order valence-corrected chi connectivity index (χ0v) is 11.7. The van der Waals surface area contributed by atoms with Crippen LogP contribution >= 0.6 is 0 Å². The van der Waals surface area contributed by atoms with Gasteiger partial charge >= 0.3 is 0 Å². The van der Waals surface area contributed by atoms with Crippen LogP contribution in [0.25, 0.3) is 0 Å². The summed E-state index contributed by atoms with van der Waals surface area (Å²) in [4.78, 5) is 34.9. The molecule has 0 atom stereocenters. The summed E-state index contributed by atoms with van der Waals surface area (Å²) < 4.78 is 0. The van der Waals surface area contributed by atoms with Gasteiger partial charge in [-0.25, -0.2) is 4.98 Å². The summed E-state index contributed by atoms with van der Waals surface area (Å²) in [7, 11) is 0. The smallest absolute Gasteiger partial charge is 0.265 e. The number of H-pyrrole nitrogens is 2. The SMILES string of the molecule is Cc1nc(NC(=O)c2c(C)nc(C(C)C)[nH]c2=O)n[nH]1. The fraction of sp³-hybridized carbons (Fsp3) is 0.417. The van der Waals surface area contributed by atoms with Crippen LogP contribution in [0.1, 0.15) is 47.5 Å². The predicted octanol–water partition coefficient (Wildman–Crippen LogP) is 0.881. The van der Waals surface area contributed by atoms with Gasteiger partial charge in [0.15, 0.2) is 0 Å². The minimum absolute atomic E-state index is 0.0307. The molecule has 0 aliphatic carbocycles. The normalized spacial score (nSPS) is 10.8. The molecule has 0 spiro atoms. The Kier molecular flexibility index (Phi) is 3.64. The van der Waals surface area contributed by atoms with E-state index in [0.29, 0.717) is 17.3 Å². The molecule has 8 nitrogen and oxygen atoms in total. The maximum Gasteiger partial charge on any atom is 0.265 e. The maximum atomic E-state index is 12.1. The second-order valence-corrected chi connectivity index (χ2v) is 4.76. The lowest BCUT2D eigenvalue weighted by Crippen LogP contribution is -2.27. The minimum Gasteiger partial charge on any atom is -0.310 e. The summed E-state index contributed by atoms with van der Waals surface area (Å²) in [6, 6.07) is 0. The number of carbonyl (C=O) groups is 1. The summed E-state index contributed by atoms with van der Waals surface area (Å²) in [5, 5.41) is 8.84. The van der Waals surface area contributed by atoms with Crippen LogP contribution in [0.4, 0.5) is 5.95 Å². The molecule has 2 rings (SSSR count). The molecule has 106 valence electrons. The molecule has 20 heavy (non-hydrogen) atoms. The molecule has 0 fully saturated rings. The zero-order chi connectivity index (χ0) is 14.9. The van der Waals surface area contributed by atoms with Crippen LogP contribution in [0.15, 0.2) is 4.79 Å². The Morgan fingerprint density at radius 1 is 1.25 bits per heavy atom. The van der Waals surface area contributed by atoms with Gasteiger partial charge in [0.2, 0.25) is 5.95 Å². The Bertz CT molecular complexity index is 700. The number of amides is 1. The van der Waals surface area contributed by atoms with Crippen LogP contribution in [0, 0.1) is 13.8 Å². The van der Waals surface area contributed by atoms with Crippen molar-refractivity contribution in [2.24, 2.45) is 0 Å². The first-order chi connectivity index (χ1) is 9.38. The number of aromatic amines is 2. The van der Waals surface area contributed by atoms with Crippen LogP contribution in [0.2, 0.25) is 0 Å². The first-order valence-electron chi connectivity index (χ1n) is 6.19. The number of nitrogens with one attached hydrogen (secondary N) is 3. The van der Waals surface area contributed by atoms with E-state index in [4.69, 9.17) is 0 Å². The highest BCUT2D eigenvalue weighted by Crippen LogP contribution is 2.09. The third-order valence-electron chi connectivity index (χ3n) is 2.72. The monoisotopic (exact) mass is 276 g/mol. The fourth-order valence-electron chi connectivity index (χ4n) is 1.71. The lowest BCUT2D eigenvalue weighted by molar-refractivity contribution is 0.102. The number of aromatic nitrogens is 5. The van der Waals surface area contributed by atoms with Gasteiger partial charge < -0.3 is 4.98 Å². The Hall–Kier alpha value is -2.51. The largest absolute Gasteiger partial charge is 0.310 e. The summed E-state index contributed by atoms with van der Waals surface area (Å²) in [6.45, 7) is 7.15. The van der Waals surface area contributed by atoms with Gasteiger partial charge in [-0.3, -0.25) is 20.0 Å². The molecule has 0 radical (unpaired) electrons. The van der Waals surface area contributed by atoms with Crippen molar-refractivity contribution in [3.63, 3.8) is 0 Å². The van der Waals surface area contributed by atoms with Gasteiger partial charge in [0, 0.05) is 5.92 Å². The molecule has 3 N–H and O–H groups in total. The van der Waals surface area contributed by atoms with Gasteiger partial charge in [-0.2, -0.15) is 4.98 Å². The topological polar surface area (TPSA) is 116 Å². The van der Waals surface area contributed by atoms with Crippen LogP contribution in [0.3, 0.4) is 0 Å². The zero-order valence-electron chi connectivity index (χ0n) is 11.7. The van der Waals surface area contributed by atoms with Gasteiger partial charge in [-0.05, 0) is 13.8 Å². The van der Waals surface area contributed by atoms with Gasteiger partial charge in [0.25, 0.3) is 11.5 Å². The molecule has 0 aliphatic rings. The quantitative estimate of drug-likeness (QED) is 0.769. The molecule has 0 bridgehead atoms. The highest BCUT2D eigenvalue weighted by atomic mass is 16.2. The number of anilines is 1. The van der Waals surface area contributed by atoms with E-state index < -0.39 is 11.5 Å². The molecular weight excluding hydrogens is 260 g/mol. The summed E-state index contributed by atoms with van der Waals surface area (Å²) >= 11 is 0. The number of aryl methyl sites for hydroxylation is 2. The van der Waals surface area contributed by atoms with Crippen LogP contribution in [-0.4, -0.2) is 31.1 Å². The molecule has 2 aromatic rings. The summed E-state index contributed by atoms with van der Waals surface area (Å²) in [5.74, 6) is 0.746. The van der Waals surface area contributed by atoms with Crippen molar-refractivity contribution in [2.45, 2.75) is 33.6 Å². The average molecular weight is 276 g/mol. The molecule has 1 amide bonds. The van der Waals surface area contributed by atoms with E-state index in [9.17, 15) is 9.59 Å². The van der Waals surface area contributed by atoms with E-state index >= 15 is 0 Å². The van der Waals surface area contributed by atoms with Crippen molar-refractivity contribution in [3.05, 3.63) is 33.3 Å². The van der Waals surface area contributed by atoms with Crippen molar-refractivity contribution in [2.75, 3.05) is 5.32 Å². The van der Waals surface area contributed by atoms with Gasteiger partial charge in [-0.15, -0.1) is 5.10 Å². The first kappa shape index (κ1) is 13.9. The standard InChI is InChI=1S/C12H16N6O2/c1-5(2)9-13-6(3)8(10(19)15-9)11(20)16-12-14-7(4)17-18-12/h5H,1-4H3,(H,13,15,19)(H2,14,16,17,18,20). The molecule has 0 unspecified atom stereocenters. The van der Waals surface area contributed by atoms with E-state index in [0.717, 1.165) is 0 Å². The number of rotatable bonds is 3. The van der Waals surface area contributed by atoms with E-state index in [1.165, 1.54) is 0 Å². The van der Waals surface area contributed by atoms with Crippen molar-refractivity contribution in [1.82, 2.24) is 25.1 Å². The minimum atomic E-state index is -0.578. The molecule has 0 saturated carbocycles. The predicted molar refractivity (Wildman–Crippen MR) is 72.8 cm³/mol. The first-order valence-corrected chi connectivity index (χ1v) is 6.19. The summed E-state index contributed by atoms with van der Waals surface area (Å²) in [5.41, 5.74) is -0.120. The molecule has 0 aromatic carbocycles. The van der Waals surface area contributed by atoms with Crippen LogP contribution in [0.5, 0.6) is 0 Å². The van der Waals surface area contributed by atoms with Crippen LogP contribution < -0.4 is 10.9 Å². The number of hydrogen-bond acceptors (Lipinski definition) is 5. The number of carbonyl (C=O) groups excluding carboxylic acids is 1. The third kappa shape index (κ3) is 2.73. The second-order valence-electron chi connectivity index (χ2n) is 4.76. The van der Waals surface area contributed by atoms with E-state index in [1.807, 2.05) is 13.8 Å². The van der Waals surface area contributed by atoms with E-state index in [2.05, 4.69) is 30.5 Å². The van der Waals surface area contributed by atoms with Crippen molar-refractivity contribution in [1.29, 1.82) is 0 Å². The van der Waals surface area contributed by atoms with Crippen LogP contribution in [-0.2, 0) is 0 Å². The molecule has 2 aromatic heterocycles. The third-order valence-corrected chi connectivity index (χ3v) is 2.72. The number of hydrogen-bond donors (Lipinski definition) is 3. The maximum absolute atomic E-state index is 12.1. The Balaban J connectivity index is 2.33. The molecule has 0 aliphatic heterocycles. The van der Waals surface area contributed by atoms with E-state index in [1.54, 1.807) is 13.8 Å². The van der Waals surface area contributed by atoms with Crippen molar-refractivity contribution >= 4 is 11.9 Å². The van der Waals surface area contributed by atoms with Gasteiger partial charge in [0.05, 0.1) is 5.69 Å². The average Bonchev–Trinajstić information content (AvgIpc) is 2.73. The fourth-order valence-corrected chi connectivity index (χ4v) is 1.71. The van der Waals surface area contributed by atoms with E-state index in [-0.39, 0.29) is 17.4 Å². The van der Waals surface area contributed by atoms with Crippen molar-refractivity contribution < 1.29 is 4.79 Å². The molecule has 2 heterocycles. The van der Waals surface area contributed by atoms with Crippen molar-refractivity contribution in [3.8, 4) is 0 Å². The number of nitrogens with zero attached hydrogens (tertiary/aromatic N) is 3. The van der Waals surface area contributed by atoms with Gasteiger partial charge in [-0.1, -0.05) is 13.8 Å². The van der Waals surface area contributed by atoms with Gasteiger partial charge in [0.1, 0.15) is 17.2 Å². The Morgan fingerprint density at radius 2 is 1.95 bits per heavy atom. The molecule has 0 saturated heterocycles. The Labute approximate surface area is 115 Å². The molecule has 8 heteroatoms. The Morgan fingerprint density at radius 3 is 2.45 bits per heavy atom. The summed E-state index contributed by atoms with van der Waals surface area (Å²) in [6.07, 6.45) is 0. The lowest BCUT2D eigenvalue weighted by atomic mass is 10.1. The second kappa shape index (κ2) is 5.24. The molecular formula is C12H16N6O2. The highest BCUT2D eigenvalue weighted by molar-refractivity contribution is 6.03. The lowest BCUT2D eigenvalue weighted by Gasteiger charge is -2.08.